The van der Waals surface area contributed by atoms with Gasteiger partial charge < -0.3 is 15.0 Å². The number of benzene rings is 2. The van der Waals surface area contributed by atoms with Crippen molar-refractivity contribution in [2.45, 2.75) is 36.6 Å². The first-order chi connectivity index (χ1) is 15.5. The first kappa shape index (κ1) is 22.4. The molecule has 32 heavy (non-hydrogen) atoms. The number of carbonyl (C=O) groups excluding carboxylic acids is 1. The highest BCUT2D eigenvalue weighted by Gasteiger charge is 2.29. The Kier molecular flexibility index (Phi) is 6.88. The van der Waals surface area contributed by atoms with Crippen molar-refractivity contribution in [3.63, 3.8) is 0 Å². The molecule has 0 saturated heterocycles. The molecule has 2 aromatic carbocycles. The Bertz CT molecular complexity index is 1170. The summed E-state index contributed by atoms with van der Waals surface area (Å²) >= 11 is 0. The van der Waals surface area contributed by atoms with Crippen LogP contribution in [0.4, 0.5) is 0 Å². The number of amides is 1. The number of hydrogen-bond acceptors (Lipinski definition) is 5. The van der Waals surface area contributed by atoms with E-state index < -0.39 is 10.0 Å². The van der Waals surface area contributed by atoms with Gasteiger partial charge in [0.15, 0.2) is 0 Å². The van der Waals surface area contributed by atoms with E-state index in [-0.39, 0.29) is 22.8 Å². The van der Waals surface area contributed by atoms with Crippen LogP contribution in [0.2, 0.25) is 0 Å². The van der Waals surface area contributed by atoms with Gasteiger partial charge in [-0.2, -0.15) is 0 Å². The van der Waals surface area contributed by atoms with Crippen molar-refractivity contribution in [3.8, 4) is 11.4 Å². The van der Waals surface area contributed by atoms with Crippen LogP contribution < -0.4 is 10.0 Å². The zero-order chi connectivity index (χ0) is 22.6. The Morgan fingerprint density at radius 1 is 1.12 bits per heavy atom. The minimum atomic E-state index is -3.68. The molecule has 1 saturated carbocycles. The zero-order valence-electron chi connectivity index (χ0n) is 18.0. The summed E-state index contributed by atoms with van der Waals surface area (Å²) in [5, 5.41) is 2.86. The fourth-order valence-corrected chi connectivity index (χ4v) is 5.39. The lowest BCUT2D eigenvalue weighted by molar-refractivity contribution is -0.126. The highest BCUT2D eigenvalue weighted by molar-refractivity contribution is 7.89. The summed E-state index contributed by atoms with van der Waals surface area (Å²) < 4.78 is 33.7. The number of ether oxygens (including phenoxy) is 1. The van der Waals surface area contributed by atoms with Crippen LogP contribution >= 0.6 is 0 Å². The third kappa shape index (κ3) is 5.17. The van der Waals surface area contributed by atoms with Crippen LogP contribution in [0.25, 0.3) is 22.4 Å². The lowest BCUT2D eigenvalue weighted by Crippen LogP contribution is -2.41. The summed E-state index contributed by atoms with van der Waals surface area (Å²) in [6.45, 7) is 0.970. The Balaban J connectivity index is 1.40. The number of rotatable bonds is 8. The van der Waals surface area contributed by atoms with E-state index in [9.17, 15) is 13.2 Å². The van der Waals surface area contributed by atoms with E-state index in [0.717, 1.165) is 11.1 Å². The Hall–Kier alpha value is -2.75. The Morgan fingerprint density at radius 3 is 2.59 bits per heavy atom. The van der Waals surface area contributed by atoms with Gasteiger partial charge in [-0.3, -0.25) is 4.79 Å². The topological polar surface area (TPSA) is 113 Å². The van der Waals surface area contributed by atoms with Crippen LogP contribution in [0.3, 0.4) is 0 Å². The van der Waals surface area contributed by atoms with Crippen LogP contribution in [-0.2, 0) is 19.6 Å². The monoisotopic (exact) mass is 456 g/mol. The molecule has 4 rings (SSSR count). The van der Waals surface area contributed by atoms with Gasteiger partial charge in [-0.15, -0.1) is 0 Å². The molecule has 0 radical (unpaired) electrons. The number of nitrogens with one attached hydrogen (secondary N) is 3. The maximum absolute atomic E-state index is 13.0. The van der Waals surface area contributed by atoms with Crippen molar-refractivity contribution in [1.29, 1.82) is 0 Å². The summed E-state index contributed by atoms with van der Waals surface area (Å²) in [4.78, 5) is 20.2. The fraction of sp³-hybridized carbons (Fsp3) is 0.391. The molecule has 1 aliphatic rings. The number of hydrogen-bond donors (Lipinski definition) is 3. The summed E-state index contributed by atoms with van der Waals surface area (Å²) in [6.07, 6.45) is 2.57. The minimum absolute atomic E-state index is 0.0153. The molecule has 8 nitrogen and oxygen atoms in total. The number of nitrogens with zero attached hydrogens (tertiary/aromatic N) is 1. The van der Waals surface area contributed by atoms with E-state index in [1.807, 2.05) is 30.3 Å². The number of fused-ring (bicyclic) bond motifs is 1. The molecule has 1 fully saturated rings. The van der Waals surface area contributed by atoms with Gasteiger partial charge in [0, 0.05) is 31.2 Å². The number of carbonyl (C=O) groups is 1. The van der Waals surface area contributed by atoms with Crippen molar-refractivity contribution in [2.24, 2.45) is 5.92 Å². The lowest BCUT2D eigenvalue weighted by Gasteiger charge is -2.28. The maximum Gasteiger partial charge on any atom is 0.240 e. The van der Waals surface area contributed by atoms with Gasteiger partial charge in [0.1, 0.15) is 5.82 Å². The van der Waals surface area contributed by atoms with Crippen molar-refractivity contribution in [3.05, 3.63) is 48.5 Å². The molecule has 1 heterocycles. The van der Waals surface area contributed by atoms with E-state index >= 15 is 0 Å². The molecule has 170 valence electrons. The third-order valence-corrected chi connectivity index (χ3v) is 7.36. The molecule has 1 aliphatic carbocycles. The second kappa shape index (κ2) is 9.81. The summed E-state index contributed by atoms with van der Waals surface area (Å²) in [7, 11) is -2.09. The smallest absolute Gasteiger partial charge is 0.240 e. The second-order valence-corrected chi connectivity index (χ2v) is 9.80. The molecule has 9 heteroatoms. The van der Waals surface area contributed by atoms with E-state index in [1.165, 1.54) is 0 Å². The summed E-state index contributed by atoms with van der Waals surface area (Å²) in [6, 6.07) is 14.4. The van der Waals surface area contributed by atoms with Gasteiger partial charge in [-0.1, -0.05) is 30.3 Å². The minimum Gasteiger partial charge on any atom is -0.383 e. The number of aromatic amines is 1. The third-order valence-electron chi connectivity index (χ3n) is 5.84. The molecule has 0 unspecified atom stereocenters. The van der Waals surface area contributed by atoms with E-state index in [0.29, 0.717) is 50.2 Å². The van der Waals surface area contributed by atoms with Crippen LogP contribution in [-0.4, -0.2) is 50.6 Å². The lowest BCUT2D eigenvalue weighted by atomic mass is 9.86. The number of imidazole rings is 1. The van der Waals surface area contributed by atoms with Crippen LogP contribution in [0.15, 0.2) is 53.4 Å². The predicted molar refractivity (Wildman–Crippen MR) is 122 cm³/mol. The molecule has 3 N–H and O–H groups in total. The Morgan fingerprint density at radius 2 is 1.88 bits per heavy atom. The average molecular weight is 457 g/mol. The first-order valence-corrected chi connectivity index (χ1v) is 12.3. The molecule has 1 amide bonds. The van der Waals surface area contributed by atoms with Crippen molar-refractivity contribution in [1.82, 2.24) is 20.0 Å². The average Bonchev–Trinajstić information content (AvgIpc) is 3.24. The highest BCUT2D eigenvalue weighted by atomic mass is 32.2. The fourth-order valence-electron chi connectivity index (χ4n) is 4.07. The second-order valence-electron chi connectivity index (χ2n) is 8.08. The number of methoxy groups -OCH3 is 1. The van der Waals surface area contributed by atoms with Gasteiger partial charge >= 0.3 is 0 Å². The molecular weight excluding hydrogens is 428 g/mol. The first-order valence-electron chi connectivity index (χ1n) is 10.8. The molecule has 0 atom stereocenters. The maximum atomic E-state index is 13.0. The van der Waals surface area contributed by atoms with Gasteiger partial charge in [0.05, 0.1) is 22.5 Å². The van der Waals surface area contributed by atoms with E-state index in [4.69, 9.17) is 4.74 Å². The SMILES string of the molecule is COCCNC(=O)[C@H]1CC[C@H](NS(=O)(=O)c2ccc3[nH]c(-c4ccccc4)nc3c2)CC1. The number of sulfonamides is 1. The van der Waals surface area contributed by atoms with Gasteiger partial charge in [0.25, 0.3) is 0 Å². The summed E-state index contributed by atoms with van der Waals surface area (Å²) in [5.41, 5.74) is 2.32. The zero-order valence-corrected chi connectivity index (χ0v) is 18.8. The van der Waals surface area contributed by atoms with Crippen LogP contribution in [0, 0.1) is 5.92 Å². The highest BCUT2D eigenvalue weighted by Crippen LogP contribution is 2.27. The van der Waals surface area contributed by atoms with Gasteiger partial charge in [0.2, 0.25) is 15.9 Å². The molecule has 0 aliphatic heterocycles. The van der Waals surface area contributed by atoms with Crippen molar-refractivity contribution >= 4 is 27.0 Å². The molecular formula is C23H28N4O4S. The molecule has 3 aromatic rings. The standard InChI is InChI=1S/C23H28N4O4S/c1-31-14-13-24-23(28)17-7-9-18(10-8-17)27-32(29,30)19-11-12-20-21(15-19)26-22(25-20)16-5-3-2-4-6-16/h2-6,11-12,15,17-18,27H,7-10,13-14H2,1H3,(H,24,28)(H,25,26)/t17-,18-. The molecule has 0 bridgehead atoms. The van der Waals surface area contributed by atoms with Crippen LogP contribution in [0.5, 0.6) is 0 Å². The predicted octanol–water partition coefficient (Wildman–Crippen LogP) is 2.83. The van der Waals surface area contributed by atoms with E-state index in [2.05, 4.69) is 20.0 Å². The van der Waals surface area contributed by atoms with Gasteiger partial charge in [-0.05, 0) is 43.9 Å². The van der Waals surface area contributed by atoms with Crippen molar-refractivity contribution < 1.29 is 17.9 Å². The number of aromatic nitrogens is 2. The number of H-pyrrole nitrogens is 1. The summed E-state index contributed by atoms with van der Waals surface area (Å²) in [5.74, 6) is 0.635. The molecule has 0 spiro atoms. The largest absolute Gasteiger partial charge is 0.383 e. The molecule has 1 aromatic heterocycles. The quantitative estimate of drug-likeness (QED) is 0.451. The van der Waals surface area contributed by atoms with Crippen molar-refractivity contribution in [2.75, 3.05) is 20.3 Å². The Labute approximate surface area is 187 Å². The normalized spacial score (nSPS) is 19.2. The van der Waals surface area contributed by atoms with Crippen LogP contribution in [0.1, 0.15) is 25.7 Å². The van der Waals surface area contributed by atoms with E-state index in [1.54, 1.807) is 25.3 Å². The van der Waals surface area contributed by atoms with Gasteiger partial charge in [-0.25, -0.2) is 18.1 Å².